The number of furan rings is 1. The van der Waals surface area contributed by atoms with E-state index in [-0.39, 0.29) is 12.4 Å². The zero-order valence-electron chi connectivity index (χ0n) is 12.0. The Labute approximate surface area is 126 Å². The van der Waals surface area contributed by atoms with E-state index < -0.39 is 0 Å². The number of nitrogens with zero attached hydrogens (tertiary/aromatic N) is 1. The third-order valence-corrected chi connectivity index (χ3v) is 3.90. The molecule has 1 saturated heterocycles. The molecule has 1 fully saturated rings. The van der Waals surface area contributed by atoms with Crippen LogP contribution < -0.4 is 5.32 Å². The quantitative estimate of drug-likeness (QED) is 0.916. The normalized spacial score (nSPS) is 18.6. The molecule has 0 spiro atoms. The van der Waals surface area contributed by atoms with Gasteiger partial charge in [0.15, 0.2) is 0 Å². The zero-order chi connectivity index (χ0) is 13.1. The van der Waals surface area contributed by atoms with Crippen molar-refractivity contribution in [1.29, 1.82) is 0 Å². The lowest BCUT2D eigenvalue weighted by Gasteiger charge is -2.26. The summed E-state index contributed by atoms with van der Waals surface area (Å²) in [5, 5.41) is 4.66. The maximum Gasteiger partial charge on any atom is 0.134 e. The van der Waals surface area contributed by atoms with Crippen LogP contribution in [0.1, 0.15) is 25.5 Å². The van der Waals surface area contributed by atoms with Crippen LogP contribution in [0, 0.1) is 0 Å². The summed E-state index contributed by atoms with van der Waals surface area (Å²) in [6.45, 7) is 6.57. The van der Waals surface area contributed by atoms with Gasteiger partial charge in [0.1, 0.15) is 11.3 Å². The number of para-hydroxylation sites is 1. The highest BCUT2D eigenvalue weighted by Crippen LogP contribution is 2.21. The topological polar surface area (TPSA) is 28.4 Å². The Kier molecular flexibility index (Phi) is 5.46. The van der Waals surface area contributed by atoms with Gasteiger partial charge in [0.2, 0.25) is 0 Å². The highest BCUT2D eigenvalue weighted by Gasteiger charge is 2.22. The predicted octanol–water partition coefficient (Wildman–Crippen LogP) is 3.43. The summed E-state index contributed by atoms with van der Waals surface area (Å²) in [5.74, 6) is 1.08. The molecule has 2 heterocycles. The van der Waals surface area contributed by atoms with Crippen LogP contribution in [-0.2, 0) is 6.54 Å². The average molecular weight is 295 g/mol. The Morgan fingerprint density at radius 3 is 2.90 bits per heavy atom. The van der Waals surface area contributed by atoms with Gasteiger partial charge in [-0.2, -0.15) is 0 Å². The van der Waals surface area contributed by atoms with Crippen LogP contribution in [0.4, 0.5) is 0 Å². The lowest BCUT2D eigenvalue weighted by Crippen LogP contribution is -2.36. The Balaban J connectivity index is 0.00000147. The van der Waals surface area contributed by atoms with E-state index in [9.17, 15) is 0 Å². The first-order valence-electron chi connectivity index (χ1n) is 7.29. The Morgan fingerprint density at radius 2 is 2.20 bits per heavy atom. The lowest BCUT2D eigenvalue weighted by atomic mass is 10.2. The molecule has 1 aromatic heterocycles. The minimum absolute atomic E-state index is 0. The van der Waals surface area contributed by atoms with E-state index in [1.165, 1.54) is 18.2 Å². The molecule has 4 heteroatoms. The third kappa shape index (κ3) is 3.35. The first-order valence-corrected chi connectivity index (χ1v) is 7.29. The molecule has 1 aromatic carbocycles. The zero-order valence-corrected chi connectivity index (χ0v) is 12.8. The lowest BCUT2D eigenvalue weighted by molar-refractivity contribution is 0.186. The van der Waals surface area contributed by atoms with Gasteiger partial charge in [0.05, 0.1) is 6.54 Å². The summed E-state index contributed by atoms with van der Waals surface area (Å²) in [6, 6.07) is 11.1. The Hall–Kier alpha value is -1.03. The fraction of sp³-hybridized carbons (Fsp3) is 0.500. The van der Waals surface area contributed by atoms with Gasteiger partial charge < -0.3 is 9.73 Å². The number of hydrogen-bond donors (Lipinski definition) is 1. The van der Waals surface area contributed by atoms with Gasteiger partial charge in [-0.15, -0.1) is 12.4 Å². The maximum atomic E-state index is 5.94. The molecule has 0 radical (unpaired) electrons. The molecule has 1 atom stereocenters. The molecule has 1 N–H and O–H groups in total. The average Bonchev–Trinajstić information content (AvgIpc) is 3.07. The summed E-state index contributed by atoms with van der Waals surface area (Å²) >= 11 is 0. The molecule has 0 bridgehead atoms. The molecule has 1 unspecified atom stereocenters. The fourth-order valence-corrected chi connectivity index (χ4v) is 2.94. The SMILES string of the molecule is CCCN(Cc1cc2ccccc2o1)C1CCNC1.Cl. The van der Waals surface area contributed by atoms with Gasteiger partial charge >= 0.3 is 0 Å². The van der Waals surface area contributed by atoms with Crippen LogP contribution in [0.2, 0.25) is 0 Å². The molecule has 110 valence electrons. The number of benzene rings is 1. The van der Waals surface area contributed by atoms with Crippen molar-refractivity contribution in [2.24, 2.45) is 0 Å². The highest BCUT2D eigenvalue weighted by molar-refractivity contribution is 5.85. The fourth-order valence-electron chi connectivity index (χ4n) is 2.94. The minimum atomic E-state index is 0. The number of nitrogens with one attached hydrogen (secondary N) is 1. The predicted molar refractivity (Wildman–Crippen MR) is 85.4 cm³/mol. The second-order valence-corrected chi connectivity index (χ2v) is 5.37. The summed E-state index contributed by atoms with van der Waals surface area (Å²) in [4.78, 5) is 2.55. The van der Waals surface area contributed by atoms with E-state index in [4.69, 9.17) is 4.42 Å². The van der Waals surface area contributed by atoms with E-state index in [2.05, 4.69) is 35.3 Å². The summed E-state index contributed by atoms with van der Waals surface area (Å²) in [7, 11) is 0. The van der Waals surface area contributed by atoms with Crippen molar-refractivity contribution >= 4 is 23.4 Å². The van der Waals surface area contributed by atoms with E-state index in [0.29, 0.717) is 6.04 Å². The van der Waals surface area contributed by atoms with Crippen LogP contribution >= 0.6 is 12.4 Å². The maximum absolute atomic E-state index is 5.94. The van der Waals surface area contributed by atoms with E-state index in [0.717, 1.165) is 37.5 Å². The van der Waals surface area contributed by atoms with Crippen LogP contribution in [0.5, 0.6) is 0 Å². The molecule has 3 rings (SSSR count). The van der Waals surface area contributed by atoms with Crippen molar-refractivity contribution < 1.29 is 4.42 Å². The molecule has 0 aliphatic carbocycles. The van der Waals surface area contributed by atoms with Crippen molar-refractivity contribution in [2.75, 3.05) is 19.6 Å². The molecule has 1 aliphatic rings. The van der Waals surface area contributed by atoms with Gasteiger partial charge in [0, 0.05) is 18.0 Å². The first-order chi connectivity index (χ1) is 9.36. The van der Waals surface area contributed by atoms with Crippen LogP contribution in [0.3, 0.4) is 0 Å². The molecule has 0 saturated carbocycles. The molecule has 3 nitrogen and oxygen atoms in total. The van der Waals surface area contributed by atoms with Crippen molar-refractivity contribution in [2.45, 2.75) is 32.4 Å². The number of rotatable bonds is 5. The molecular formula is C16H23ClN2O. The smallest absolute Gasteiger partial charge is 0.134 e. The van der Waals surface area contributed by atoms with Crippen LogP contribution in [0.25, 0.3) is 11.0 Å². The van der Waals surface area contributed by atoms with Gasteiger partial charge in [-0.1, -0.05) is 25.1 Å². The molecule has 1 aliphatic heterocycles. The van der Waals surface area contributed by atoms with E-state index in [1.54, 1.807) is 0 Å². The van der Waals surface area contributed by atoms with E-state index in [1.807, 2.05) is 12.1 Å². The van der Waals surface area contributed by atoms with Crippen LogP contribution in [0.15, 0.2) is 34.7 Å². The highest BCUT2D eigenvalue weighted by atomic mass is 35.5. The second kappa shape index (κ2) is 7.11. The Bertz CT molecular complexity index is 501. The van der Waals surface area contributed by atoms with Crippen molar-refractivity contribution in [3.8, 4) is 0 Å². The summed E-state index contributed by atoms with van der Waals surface area (Å²) in [5.41, 5.74) is 0.999. The summed E-state index contributed by atoms with van der Waals surface area (Å²) < 4.78 is 5.94. The number of fused-ring (bicyclic) bond motifs is 1. The van der Waals surface area contributed by atoms with Gasteiger partial charge in [-0.3, -0.25) is 4.90 Å². The molecule has 0 amide bonds. The number of halogens is 1. The Morgan fingerprint density at radius 1 is 1.35 bits per heavy atom. The monoisotopic (exact) mass is 294 g/mol. The number of hydrogen-bond acceptors (Lipinski definition) is 3. The largest absolute Gasteiger partial charge is 0.460 e. The first kappa shape index (κ1) is 15.4. The van der Waals surface area contributed by atoms with Gasteiger partial charge in [0.25, 0.3) is 0 Å². The van der Waals surface area contributed by atoms with Crippen molar-refractivity contribution in [3.05, 3.63) is 36.1 Å². The second-order valence-electron chi connectivity index (χ2n) is 5.37. The van der Waals surface area contributed by atoms with E-state index >= 15 is 0 Å². The molecule has 2 aromatic rings. The third-order valence-electron chi connectivity index (χ3n) is 3.90. The van der Waals surface area contributed by atoms with Gasteiger partial charge in [-0.25, -0.2) is 0 Å². The molecule has 20 heavy (non-hydrogen) atoms. The molecular weight excluding hydrogens is 272 g/mol. The minimum Gasteiger partial charge on any atom is -0.460 e. The summed E-state index contributed by atoms with van der Waals surface area (Å²) in [6.07, 6.45) is 2.44. The van der Waals surface area contributed by atoms with Gasteiger partial charge in [-0.05, 0) is 38.1 Å². The van der Waals surface area contributed by atoms with Crippen molar-refractivity contribution in [1.82, 2.24) is 10.2 Å². The van der Waals surface area contributed by atoms with Crippen LogP contribution in [-0.4, -0.2) is 30.6 Å². The van der Waals surface area contributed by atoms with Crippen molar-refractivity contribution in [3.63, 3.8) is 0 Å². The standard InChI is InChI=1S/C16H22N2O.ClH/c1-2-9-18(14-7-8-17-11-14)12-15-10-13-5-3-4-6-16(13)19-15;/h3-6,10,14,17H,2,7-9,11-12H2,1H3;1H.